The van der Waals surface area contributed by atoms with Crippen LogP contribution < -0.4 is 21.3 Å². The summed E-state index contributed by atoms with van der Waals surface area (Å²) in [4.78, 5) is 50.6. The third kappa shape index (κ3) is 10.1. The normalized spacial score (nSPS) is 17.5. The number of rotatable bonds is 9. The van der Waals surface area contributed by atoms with Crippen LogP contribution in [0.25, 0.3) is 0 Å². The van der Waals surface area contributed by atoms with E-state index in [0.29, 0.717) is 26.2 Å². The lowest BCUT2D eigenvalue weighted by molar-refractivity contribution is -0.140. The van der Waals surface area contributed by atoms with Gasteiger partial charge in [0.05, 0.1) is 16.7 Å². The van der Waals surface area contributed by atoms with Gasteiger partial charge in [-0.1, -0.05) is 6.58 Å². The molecule has 0 radical (unpaired) electrons. The lowest BCUT2D eigenvalue weighted by Crippen LogP contribution is -2.43. The standard InChI is InChI=1S/C27H38N4O8/c1-18(2)24(32)36-11-12-37-25(33)19-5-6-22(26(34)38-20-14-28-7-3-8-29-15-20)23(13-19)27(35)39-21-16-30-9-4-10-31-17-21/h5-6,13,20-21,28-31H,1,3-4,7-12,14-17H2,2H3. The first kappa shape index (κ1) is 30.2. The molecule has 0 amide bonds. The van der Waals surface area contributed by atoms with Crippen molar-refractivity contribution in [3.63, 3.8) is 0 Å². The molecule has 0 bridgehead atoms. The first-order chi connectivity index (χ1) is 18.8. The van der Waals surface area contributed by atoms with Crippen molar-refractivity contribution in [2.75, 3.05) is 65.6 Å². The number of esters is 4. The van der Waals surface area contributed by atoms with Crippen molar-refractivity contribution in [2.24, 2.45) is 0 Å². The Bertz CT molecular complexity index is 1020. The fraction of sp³-hybridized carbons (Fsp3) is 0.556. The van der Waals surface area contributed by atoms with Crippen molar-refractivity contribution in [1.29, 1.82) is 0 Å². The van der Waals surface area contributed by atoms with Crippen LogP contribution in [-0.2, 0) is 23.7 Å². The molecule has 12 heteroatoms. The van der Waals surface area contributed by atoms with Crippen molar-refractivity contribution in [3.8, 4) is 0 Å². The van der Waals surface area contributed by atoms with Gasteiger partial charge in [-0.15, -0.1) is 0 Å². The Hall–Kier alpha value is -3.32. The minimum absolute atomic E-state index is 0.0132. The van der Waals surface area contributed by atoms with E-state index in [9.17, 15) is 19.2 Å². The molecule has 2 aliphatic rings. The molecular formula is C27H38N4O8. The molecule has 214 valence electrons. The molecule has 0 aromatic heterocycles. The largest absolute Gasteiger partial charge is 0.459 e. The van der Waals surface area contributed by atoms with Crippen LogP contribution in [0.5, 0.6) is 0 Å². The quantitative estimate of drug-likeness (QED) is 0.145. The van der Waals surface area contributed by atoms with Crippen molar-refractivity contribution in [1.82, 2.24) is 21.3 Å². The summed E-state index contributed by atoms with van der Waals surface area (Å²) in [5.74, 6) is -2.79. The molecule has 0 unspecified atom stereocenters. The highest BCUT2D eigenvalue weighted by Crippen LogP contribution is 2.18. The van der Waals surface area contributed by atoms with E-state index in [0.717, 1.165) is 39.0 Å². The number of hydrogen-bond acceptors (Lipinski definition) is 12. The monoisotopic (exact) mass is 546 g/mol. The molecule has 39 heavy (non-hydrogen) atoms. The second-order valence-electron chi connectivity index (χ2n) is 9.39. The van der Waals surface area contributed by atoms with E-state index in [1.54, 1.807) is 0 Å². The number of ether oxygens (including phenoxy) is 4. The maximum absolute atomic E-state index is 13.3. The molecule has 4 N–H and O–H groups in total. The molecule has 12 nitrogen and oxygen atoms in total. The Kier molecular flexibility index (Phi) is 12.4. The molecule has 0 atom stereocenters. The smallest absolute Gasteiger partial charge is 0.339 e. The Morgan fingerprint density at radius 1 is 0.744 bits per heavy atom. The van der Waals surface area contributed by atoms with Gasteiger partial charge in [0.15, 0.2) is 0 Å². The summed E-state index contributed by atoms with van der Waals surface area (Å²) in [7, 11) is 0. The van der Waals surface area contributed by atoms with Crippen molar-refractivity contribution in [3.05, 3.63) is 47.0 Å². The zero-order chi connectivity index (χ0) is 28.0. The van der Waals surface area contributed by atoms with Crippen LogP contribution in [0.2, 0.25) is 0 Å². The average Bonchev–Trinajstić information content (AvgIpc) is 2.88. The second-order valence-corrected chi connectivity index (χ2v) is 9.39. The Morgan fingerprint density at radius 3 is 1.74 bits per heavy atom. The summed E-state index contributed by atoms with van der Waals surface area (Å²) in [5.41, 5.74) is 0.151. The van der Waals surface area contributed by atoms with Gasteiger partial charge in [-0.3, -0.25) is 0 Å². The summed E-state index contributed by atoms with van der Waals surface area (Å²) >= 11 is 0. The van der Waals surface area contributed by atoms with Gasteiger partial charge in [-0.25, -0.2) is 19.2 Å². The highest BCUT2D eigenvalue weighted by atomic mass is 16.6. The summed E-state index contributed by atoms with van der Waals surface area (Å²) in [5, 5.41) is 12.9. The van der Waals surface area contributed by atoms with Crippen LogP contribution in [0.15, 0.2) is 30.4 Å². The van der Waals surface area contributed by atoms with Crippen molar-refractivity contribution >= 4 is 23.9 Å². The molecule has 0 aliphatic carbocycles. The fourth-order valence-corrected chi connectivity index (χ4v) is 3.96. The maximum atomic E-state index is 13.3. The predicted molar refractivity (Wildman–Crippen MR) is 142 cm³/mol. The zero-order valence-corrected chi connectivity index (χ0v) is 22.3. The number of carbonyl (C=O) groups excluding carboxylic acids is 4. The van der Waals surface area contributed by atoms with E-state index >= 15 is 0 Å². The molecular weight excluding hydrogens is 508 g/mol. The van der Waals surface area contributed by atoms with Gasteiger partial charge < -0.3 is 40.2 Å². The number of hydrogen-bond donors (Lipinski definition) is 4. The highest BCUT2D eigenvalue weighted by molar-refractivity contribution is 6.05. The Labute approximate surface area is 228 Å². The van der Waals surface area contributed by atoms with Crippen LogP contribution in [0.3, 0.4) is 0 Å². The van der Waals surface area contributed by atoms with E-state index in [-0.39, 0.29) is 35.5 Å². The number of nitrogens with one attached hydrogen (secondary N) is 4. The van der Waals surface area contributed by atoms with E-state index in [2.05, 4.69) is 27.8 Å². The van der Waals surface area contributed by atoms with Crippen LogP contribution >= 0.6 is 0 Å². The maximum Gasteiger partial charge on any atom is 0.339 e. The topological polar surface area (TPSA) is 153 Å². The molecule has 1 aromatic carbocycles. The van der Waals surface area contributed by atoms with Gasteiger partial charge in [-0.05, 0) is 64.1 Å². The molecule has 1 aromatic rings. The van der Waals surface area contributed by atoms with Gasteiger partial charge in [0.1, 0.15) is 25.4 Å². The predicted octanol–water partition coefficient (Wildman–Crippen LogP) is 0.179. The van der Waals surface area contributed by atoms with Crippen molar-refractivity contribution < 1.29 is 38.1 Å². The Balaban J connectivity index is 1.74. The molecule has 2 saturated heterocycles. The molecule has 2 aliphatic heterocycles. The molecule has 0 saturated carbocycles. The lowest BCUT2D eigenvalue weighted by Gasteiger charge is -2.23. The van der Waals surface area contributed by atoms with Crippen LogP contribution in [0.1, 0.15) is 50.8 Å². The van der Waals surface area contributed by atoms with Gasteiger partial charge in [0.25, 0.3) is 0 Å². The average molecular weight is 547 g/mol. The van der Waals surface area contributed by atoms with E-state index in [1.807, 2.05) is 0 Å². The highest BCUT2D eigenvalue weighted by Gasteiger charge is 2.27. The molecule has 0 spiro atoms. The van der Waals surface area contributed by atoms with Crippen LogP contribution in [0, 0.1) is 0 Å². The second kappa shape index (κ2) is 15.9. The molecule has 2 fully saturated rings. The minimum atomic E-state index is -0.755. The third-order valence-corrected chi connectivity index (χ3v) is 6.04. The summed E-state index contributed by atoms with van der Waals surface area (Å²) in [6.07, 6.45) is 1.01. The van der Waals surface area contributed by atoms with Gasteiger partial charge in [0.2, 0.25) is 0 Å². The number of carbonyl (C=O) groups is 4. The minimum Gasteiger partial charge on any atom is -0.459 e. The van der Waals surface area contributed by atoms with Gasteiger partial charge in [-0.2, -0.15) is 0 Å². The fourth-order valence-electron chi connectivity index (χ4n) is 3.96. The van der Waals surface area contributed by atoms with Gasteiger partial charge >= 0.3 is 23.9 Å². The molecule has 3 rings (SSSR count). The Morgan fingerprint density at radius 2 is 1.23 bits per heavy atom. The lowest BCUT2D eigenvalue weighted by atomic mass is 10.0. The van der Waals surface area contributed by atoms with E-state index in [4.69, 9.17) is 18.9 Å². The third-order valence-electron chi connectivity index (χ3n) is 6.04. The van der Waals surface area contributed by atoms with Gasteiger partial charge in [0, 0.05) is 31.8 Å². The zero-order valence-electron chi connectivity index (χ0n) is 22.3. The van der Waals surface area contributed by atoms with E-state index in [1.165, 1.54) is 25.1 Å². The SMILES string of the molecule is C=C(C)C(=O)OCCOC(=O)c1ccc(C(=O)OC2CNCCCNC2)c(C(=O)OC2CNCCCNC2)c1. The first-order valence-electron chi connectivity index (χ1n) is 13.2. The first-order valence-corrected chi connectivity index (χ1v) is 13.2. The molecule has 2 heterocycles. The van der Waals surface area contributed by atoms with Crippen LogP contribution in [-0.4, -0.2) is 102 Å². The van der Waals surface area contributed by atoms with Crippen LogP contribution in [0.4, 0.5) is 0 Å². The summed E-state index contributed by atoms with van der Waals surface area (Å²) < 4.78 is 21.5. The van der Waals surface area contributed by atoms with E-state index < -0.39 is 36.1 Å². The summed E-state index contributed by atoms with van der Waals surface area (Å²) in [6.45, 7) is 9.64. The summed E-state index contributed by atoms with van der Waals surface area (Å²) in [6, 6.07) is 4.00. The number of benzene rings is 1. The van der Waals surface area contributed by atoms with Crippen molar-refractivity contribution in [2.45, 2.75) is 32.0 Å².